The van der Waals surface area contributed by atoms with E-state index in [9.17, 15) is 17.6 Å². The van der Waals surface area contributed by atoms with Crippen LogP contribution in [0.2, 0.25) is 0 Å². The summed E-state index contributed by atoms with van der Waals surface area (Å²) in [6, 6.07) is 12.5. The highest BCUT2D eigenvalue weighted by Gasteiger charge is 2.27. The molecule has 3 aromatic rings. The molecule has 0 bridgehead atoms. The van der Waals surface area contributed by atoms with E-state index in [2.05, 4.69) is 0 Å². The molecule has 1 N–H and O–H groups in total. The zero-order valence-corrected chi connectivity index (χ0v) is 19.5. The summed E-state index contributed by atoms with van der Waals surface area (Å²) in [5, 5.41) is 9.14. The van der Waals surface area contributed by atoms with Gasteiger partial charge in [0, 0.05) is 5.56 Å². The van der Waals surface area contributed by atoms with E-state index >= 15 is 0 Å². The maximum absolute atomic E-state index is 14.7. The van der Waals surface area contributed by atoms with Crippen LogP contribution in [0.5, 0.6) is 11.5 Å². The van der Waals surface area contributed by atoms with Gasteiger partial charge in [-0.15, -0.1) is 0 Å². The van der Waals surface area contributed by atoms with E-state index in [-0.39, 0.29) is 48.7 Å². The highest BCUT2D eigenvalue weighted by atomic mass is 19.2. The van der Waals surface area contributed by atoms with Gasteiger partial charge in [-0.25, -0.2) is 8.78 Å². The minimum Gasteiger partial charge on any atom is -0.491 e. The molecule has 3 nitrogen and oxygen atoms in total. The number of halogens is 4. The first kappa shape index (κ1) is 25.0. The number of aliphatic hydroxyl groups is 1. The molecule has 0 aromatic heterocycles. The molecule has 0 spiro atoms. The van der Waals surface area contributed by atoms with E-state index < -0.39 is 23.3 Å². The Morgan fingerprint density at radius 1 is 0.743 bits per heavy atom. The Morgan fingerprint density at radius 2 is 1.37 bits per heavy atom. The van der Waals surface area contributed by atoms with Gasteiger partial charge in [0.25, 0.3) is 0 Å². The van der Waals surface area contributed by atoms with Crippen molar-refractivity contribution in [1.29, 1.82) is 0 Å². The van der Waals surface area contributed by atoms with E-state index in [1.54, 1.807) is 37.3 Å². The van der Waals surface area contributed by atoms with Crippen molar-refractivity contribution < 1.29 is 32.1 Å². The van der Waals surface area contributed by atoms with Crippen LogP contribution in [-0.4, -0.2) is 18.3 Å². The quantitative estimate of drug-likeness (QED) is 0.342. The summed E-state index contributed by atoms with van der Waals surface area (Å²) in [7, 11) is 0. The van der Waals surface area contributed by atoms with Gasteiger partial charge >= 0.3 is 0 Å². The maximum Gasteiger partial charge on any atom is 0.201 e. The van der Waals surface area contributed by atoms with Gasteiger partial charge in [-0.1, -0.05) is 30.3 Å². The standard InChI is InChI=1S/C28H28F4O3/c1-2-34-23-13-11-21(25(29)27(23)31)20-9-5-18(6-10-20)16-35-24-14-12-22(26(30)28(24)32)19-7-3-17(15-33)4-8-19/h3-4,7-8,11-14,18,20,33H,2,5-6,9-10,15-16H2,1H3. The average molecular weight is 489 g/mol. The summed E-state index contributed by atoms with van der Waals surface area (Å²) in [6.07, 6.45) is 2.71. The minimum atomic E-state index is -1.05. The average Bonchev–Trinajstić information content (AvgIpc) is 2.88. The first-order chi connectivity index (χ1) is 16.9. The maximum atomic E-state index is 14.7. The third-order valence-corrected chi connectivity index (χ3v) is 6.63. The third-order valence-electron chi connectivity index (χ3n) is 6.63. The van der Waals surface area contributed by atoms with Crippen LogP contribution in [-0.2, 0) is 6.61 Å². The number of benzene rings is 3. The Balaban J connectivity index is 1.36. The predicted octanol–water partition coefficient (Wildman–Crippen LogP) is 7.15. The molecule has 3 aromatic carbocycles. The van der Waals surface area contributed by atoms with Crippen molar-refractivity contribution in [2.45, 2.75) is 45.1 Å². The summed E-state index contributed by atoms with van der Waals surface area (Å²) in [6.45, 7) is 2.05. The molecule has 0 aliphatic heterocycles. The molecular weight excluding hydrogens is 460 g/mol. The molecule has 0 amide bonds. The molecule has 4 rings (SSSR count). The second kappa shape index (κ2) is 11.1. The molecule has 0 unspecified atom stereocenters. The highest BCUT2D eigenvalue weighted by Crippen LogP contribution is 2.39. The molecule has 1 aliphatic rings. The lowest BCUT2D eigenvalue weighted by Crippen LogP contribution is -2.20. The van der Waals surface area contributed by atoms with Crippen molar-refractivity contribution in [2.24, 2.45) is 5.92 Å². The summed E-state index contributed by atoms with van der Waals surface area (Å²) >= 11 is 0. The molecule has 7 heteroatoms. The molecular formula is C28H28F4O3. The van der Waals surface area contributed by atoms with E-state index in [0.29, 0.717) is 42.4 Å². The number of hydrogen-bond donors (Lipinski definition) is 1. The van der Waals surface area contributed by atoms with Crippen LogP contribution in [0, 0.1) is 29.2 Å². The largest absolute Gasteiger partial charge is 0.491 e. The van der Waals surface area contributed by atoms with Gasteiger partial charge in [-0.2, -0.15) is 8.78 Å². The highest BCUT2D eigenvalue weighted by molar-refractivity contribution is 5.65. The zero-order valence-electron chi connectivity index (χ0n) is 19.5. The van der Waals surface area contributed by atoms with Crippen molar-refractivity contribution in [3.63, 3.8) is 0 Å². The Morgan fingerprint density at radius 3 is 2.03 bits per heavy atom. The Kier molecular flexibility index (Phi) is 7.96. The van der Waals surface area contributed by atoms with E-state index in [1.807, 2.05) is 0 Å². The molecule has 35 heavy (non-hydrogen) atoms. The van der Waals surface area contributed by atoms with Gasteiger partial charge in [0.1, 0.15) is 0 Å². The fourth-order valence-electron chi connectivity index (χ4n) is 4.63. The fourth-order valence-corrected chi connectivity index (χ4v) is 4.63. The van der Waals surface area contributed by atoms with Gasteiger partial charge in [-0.3, -0.25) is 0 Å². The van der Waals surface area contributed by atoms with E-state index in [1.165, 1.54) is 18.2 Å². The van der Waals surface area contributed by atoms with Crippen LogP contribution in [0.1, 0.15) is 49.7 Å². The summed E-state index contributed by atoms with van der Waals surface area (Å²) < 4.78 is 68.9. The van der Waals surface area contributed by atoms with Crippen LogP contribution in [0.15, 0.2) is 48.5 Å². The van der Waals surface area contributed by atoms with Gasteiger partial charge < -0.3 is 14.6 Å². The predicted molar refractivity (Wildman–Crippen MR) is 125 cm³/mol. The lowest BCUT2D eigenvalue weighted by Gasteiger charge is -2.29. The summed E-state index contributed by atoms with van der Waals surface area (Å²) in [5.74, 6) is -4.10. The summed E-state index contributed by atoms with van der Waals surface area (Å²) in [4.78, 5) is 0. The molecule has 186 valence electrons. The van der Waals surface area contributed by atoms with Gasteiger partial charge in [-0.05, 0) is 79.3 Å². The second-order valence-corrected chi connectivity index (χ2v) is 8.84. The Bertz CT molecular complexity index is 1160. The number of ether oxygens (including phenoxy) is 2. The Labute approximate surface area is 202 Å². The van der Waals surface area contributed by atoms with Gasteiger partial charge in [0.15, 0.2) is 23.1 Å². The molecule has 0 radical (unpaired) electrons. The van der Waals surface area contributed by atoms with Crippen LogP contribution < -0.4 is 9.47 Å². The van der Waals surface area contributed by atoms with Gasteiger partial charge in [0.2, 0.25) is 11.6 Å². The van der Waals surface area contributed by atoms with Gasteiger partial charge in [0.05, 0.1) is 19.8 Å². The zero-order chi connectivity index (χ0) is 24.9. The van der Waals surface area contributed by atoms with Crippen molar-refractivity contribution in [1.82, 2.24) is 0 Å². The third kappa shape index (κ3) is 5.45. The topological polar surface area (TPSA) is 38.7 Å². The number of aliphatic hydroxyl groups excluding tert-OH is 1. The smallest absolute Gasteiger partial charge is 0.201 e. The van der Waals surface area contributed by atoms with E-state index in [0.717, 1.165) is 0 Å². The molecule has 1 saturated carbocycles. The SMILES string of the molecule is CCOc1ccc(C2CCC(COc3ccc(-c4ccc(CO)cc4)c(F)c3F)CC2)c(F)c1F. The van der Waals surface area contributed by atoms with Crippen molar-refractivity contribution in [3.05, 3.63) is 82.9 Å². The first-order valence-corrected chi connectivity index (χ1v) is 11.8. The monoisotopic (exact) mass is 488 g/mol. The fraction of sp³-hybridized carbons (Fsp3) is 0.357. The molecule has 0 heterocycles. The molecule has 0 atom stereocenters. The van der Waals surface area contributed by atoms with E-state index in [4.69, 9.17) is 14.6 Å². The number of rotatable bonds is 8. The number of hydrogen-bond acceptors (Lipinski definition) is 3. The van der Waals surface area contributed by atoms with Crippen LogP contribution >= 0.6 is 0 Å². The lowest BCUT2D eigenvalue weighted by atomic mass is 9.79. The molecule has 1 fully saturated rings. The van der Waals surface area contributed by atoms with Crippen LogP contribution in [0.4, 0.5) is 17.6 Å². The first-order valence-electron chi connectivity index (χ1n) is 11.8. The second-order valence-electron chi connectivity index (χ2n) is 8.84. The van der Waals surface area contributed by atoms with Crippen molar-refractivity contribution in [2.75, 3.05) is 13.2 Å². The molecule has 1 aliphatic carbocycles. The lowest BCUT2D eigenvalue weighted by molar-refractivity contribution is 0.191. The minimum absolute atomic E-state index is 0.0849. The molecule has 0 saturated heterocycles. The van der Waals surface area contributed by atoms with Crippen LogP contribution in [0.3, 0.4) is 0 Å². The van der Waals surface area contributed by atoms with Crippen LogP contribution in [0.25, 0.3) is 11.1 Å². The normalized spacial score (nSPS) is 17.9. The Hall–Kier alpha value is -3.06. The summed E-state index contributed by atoms with van der Waals surface area (Å²) in [5.41, 5.74) is 1.65. The van der Waals surface area contributed by atoms with Crippen molar-refractivity contribution in [3.8, 4) is 22.6 Å². The van der Waals surface area contributed by atoms with Crippen molar-refractivity contribution >= 4 is 0 Å².